The third-order valence-electron chi connectivity index (χ3n) is 4.90. The van der Waals surface area contributed by atoms with Crippen molar-refractivity contribution in [2.75, 3.05) is 6.54 Å². The van der Waals surface area contributed by atoms with E-state index in [1.807, 2.05) is 35.9 Å². The highest BCUT2D eigenvalue weighted by Crippen LogP contribution is 2.36. The molecule has 0 unspecified atom stereocenters. The van der Waals surface area contributed by atoms with Gasteiger partial charge < -0.3 is 9.30 Å². The Hall–Kier alpha value is -3.42. The van der Waals surface area contributed by atoms with Crippen molar-refractivity contribution in [1.29, 1.82) is 0 Å². The number of nitrogens with one attached hydrogen (secondary N) is 1. The number of halogens is 1. The van der Waals surface area contributed by atoms with Crippen LogP contribution in [-0.2, 0) is 16.6 Å². The summed E-state index contributed by atoms with van der Waals surface area (Å²) >= 11 is 11.1. The Labute approximate surface area is 189 Å². The van der Waals surface area contributed by atoms with Gasteiger partial charge in [0, 0.05) is 29.6 Å². The third-order valence-corrected chi connectivity index (χ3v) is 5.48. The van der Waals surface area contributed by atoms with Crippen LogP contribution in [0.4, 0.5) is 0 Å². The molecule has 0 saturated carbocycles. The molecule has 3 aromatic rings. The molecule has 1 saturated heterocycles. The van der Waals surface area contributed by atoms with Crippen LogP contribution in [0.25, 0.3) is 17.0 Å². The van der Waals surface area contributed by atoms with E-state index in [1.54, 1.807) is 36.4 Å². The van der Waals surface area contributed by atoms with E-state index < -0.39 is 11.8 Å². The van der Waals surface area contributed by atoms with Crippen LogP contribution >= 0.6 is 23.8 Å². The van der Waals surface area contributed by atoms with E-state index >= 15 is 0 Å². The molecule has 8 heteroatoms. The first kappa shape index (κ1) is 20.8. The molecule has 6 nitrogen and oxygen atoms in total. The third kappa shape index (κ3) is 3.85. The second-order valence-corrected chi connectivity index (χ2v) is 7.70. The maximum atomic E-state index is 13.0. The summed E-state index contributed by atoms with van der Waals surface area (Å²) in [6, 6.07) is 14.6. The Morgan fingerprint density at radius 1 is 1.16 bits per heavy atom. The number of fused-ring (bicyclic) bond motifs is 1. The number of carbonyl (C=O) groups is 2. The molecular weight excluding hydrogens is 434 g/mol. The molecule has 31 heavy (non-hydrogen) atoms. The monoisotopic (exact) mass is 451 g/mol. The lowest BCUT2D eigenvalue weighted by atomic mass is 10.1. The zero-order chi connectivity index (χ0) is 22.1. The molecule has 2 amide bonds. The molecule has 1 aromatic heterocycles. The number of hydrogen-bond donors (Lipinski definition) is 1. The number of hydrogen-bond acceptors (Lipinski definition) is 4. The van der Waals surface area contributed by atoms with E-state index in [0.29, 0.717) is 22.2 Å². The van der Waals surface area contributed by atoms with Crippen molar-refractivity contribution in [1.82, 2.24) is 14.8 Å². The van der Waals surface area contributed by atoms with Crippen molar-refractivity contribution >= 4 is 57.7 Å². The summed E-state index contributed by atoms with van der Waals surface area (Å²) in [5, 5.41) is 4.05. The standard InChI is InChI=1S/C23H18ClN3O3S/c1-3-12-27-21(29)18(20(28)25-23(27)31)13-17-16-6-4-5-7-19(16)26(2)22(17)30-15-10-8-14(24)9-11-15/h3-11,13H,1,12H2,2H3,(H,25,28,31). The zero-order valence-corrected chi connectivity index (χ0v) is 18.2. The van der Waals surface area contributed by atoms with Gasteiger partial charge in [0.2, 0.25) is 5.88 Å². The predicted octanol–water partition coefficient (Wildman–Crippen LogP) is 4.44. The van der Waals surface area contributed by atoms with E-state index in [-0.39, 0.29) is 17.2 Å². The number of carbonyl (C=O) groups excluding carboxylic acids is 2. The van der Waals surface area contributed by atoms with Gasteiger partial charge in [0.05, 0.1) is 5.52 Å². The van der Waals surface area contributed by atoms with Gasteiger partial charge in [0.15, 0.2) is 5.11 Å². The minimum Gasteiger partial charge on any atom is -0.440 e. The molecule has 0 radical (unpaired) electrons. The van der Waals surface area contributed by atoms with E-state index in [0.717, 1.165) is 10.9 Å². The summed E-state index contributed by atoms with van der Waals surface area (Å²) in [5.74, 6) is 0.0172. The molecular formula is C23H18ClN3O3S. The molecule has 2 heterocycles. The molecule has 2 aromatic carbocycles. The number of amides is 2. The van der Waals surface area contributed by atoms with Crippen LogP contribution in [0.2, 0.25) is 5.02 Å². The molecule has 0 atom stereocenters. The fourth-order valence-electron chi connectivity index (χ4n) is 3.41. The Morgan fingerprint density at radius 3 is 2.58 bits per heavy atom. The maximum Gasteiger partial charge on any atom is 0.265 e. The molecule has 1 aliphatic rings. The van der Waals surface area contributed by atoms with Gasteiger partial charge in [-0.3, -0.25) is 19.8 Å². The first-order valence-electron chi connectivity index (χ1n) is 9.41. The van der Waals surface area contributed by atoms with Crippen molar-refractivity contribution in [2.24, 2.45) is 7.05 Å². The van der Waals surface area contributed by atoms with Crippen LogP contribution in [-0.4, -0.2) is 32.9 Å². The summed E-state index contributed by atoms with van der Waals surface area (Å²) in [5.41, 5.74) is 1.46. The van der Waals surface area contributed by atoms with Gasteiger partial charge in [-0.05, 0) is 48.6 Å². The lowest BCUT2D eigenvalue weighted by Crippen LogP contribution is -2.53. The van der Waals surface area contributed by atoms with Crippen LogP contribution < -0.4 is 10.1 Å². The van der Waals surface area contributed by atoms with Crippen molar-refractivity contribution in [2.45, 2.75) is 0 Å². The molecule has 1 fully saturated rings. The summed E-state index contributed by atoms with van der Waals surface area (Å²) in [4.78, 5) is 26.9. The average molecular weight is 452 g/mol. The topological polar surface area (TPSA) is 63.6 Å². The van der Waals surface area contributed by atoms with Gasteiger partial charge >= 0.3 is 0 Å². The lowest BCUT2D eigenvalue weighted by Gasteiger charge is -2.27. The molecule has 4 rings (SSSR count). The molecule has 1 aliphatic heterocycles. The Bertz CT molecular complexity index is 1260. The van der Waals surface area contributed by atoms with Crippen molar-refractivity contribution in [3.8, 4) is 11.6 Å². The predicted molar refractivity (Wildman–Crippen MR) is 125 cm³/mol. The fraction of sp³-hybridized carbons (Fsp3) is 0.0870. The molecule has 0 aliphatic carbocycles. The van der Waals surface area contributed by atoms with Gasteiger partial charge in [0.25, 0.3) is 11.8 Å². The molecule has 1 N–H and O–H groups in total. The van der Waals surface area contributed by atoms with E-state index in [9.17, 15) is 9.59 Å². The second kappa shape index (κ2) is 8.37. The van der Waals surface area contributed by atoms with Gasteiger partial charge in [-0.25, -0.2) is 0 Å². The van der Waals surface area contributed by atoms with Crippen LogP contribution in [0.15, 0.2) is 66.8 Å². The van der Waals surface area contributed by atoms with Crippen molar-refractivity contribution in [3.63, 3.8) is 0 Å². The number of nitrogens with zero attached hydrogens (tertiary/aromatic N) is 2. The highest BCUT2D eigenvalue weighted by Gasteiger charge is 2.33. The van der Waals surface area contributed by atoms with E-state index in [2.05, 4.69) is 11.9 Å². The number of ether oxygens (including phenoxy) is 1. The first-order valence-corrected chi connectivity index (χ1v) is 10.2. The number of para-hydroxylation sites is 1. The van der Waals surface area contributed by atoms with Gasteiger partial charge in [0.1, 0.15) is 11.3 Å². The summed E-state index contributed by atoms with van der Waals surface area (Å²) in [6.07, 6.45) is 3.09. The minimum atomic E-state index is -0.555. The van der Waals surface area contributed by atoms with Gasteiger partial charge in [-0.2, -0.15) is 0 Å². The Balaban J connectivity index is 1.87. The summed E-state index contributed by atoms with van der Waals surface area (Å²) < 4.78 is 8.02. The smallest absolute Gasteiger partial charge is 0.265 e. The molecule has 156 valence electrons. The fourth-order valence-corrected chi connectivity index (χ4v) is 3.79. The number of aryl methyl sites for hydroxylation is 1. The molecule has 0 bridgehead atoms. The van der Waals surface area contributed by atoms with Crippen molar-refractivity contribution < 1.29 is 14.3 Å². The summed E-state index contributed by atoms with van der Waals surface area (Å²) in [6.45, 7) is 3.84. The maximum absolute atomic E-state index is 13.0. The Morgan fingerprint density at radius 2 is 1.87 bits per heavy atom. The molecule has 0 spiro atoms. The quantitative estimate of drug-likeness (QED) is 0.269. The zero-order valence-electron chi connectivity index (χ0n) is 16.6. The number of rotatable bonds is 5. The van der Waals surface area contributed by atoms with E-state index in [4.69, 9.17) is 28.6 Å². The normalized spacial score (nSPS) is 15.5. The second-order valence-electron chi connectivity index (χ2n) is 6.87. The largest absolute Gasteiger partial charge is 0.440 e. The highest BCUT2D eigenvalue weighted by molar-refractivity contribution is 7.80. The van der Waals surface area contributed by atoms with Crippen LogP contribution in [0.3, 0.4) is 0 Å². The average Bonchev–Trinajstić information content (AvgIpc) is 3.01. The first-order chi connectivity index (χ1) is 14.9. The number of aromatic nitrogens is 1. The lowest BCUT2D eigenvalue weighted by molar-refractivity contribution is -0.128. The van der Waals surface area contributed by atoms with Gasteiger partial charge in [-0.15, -0.1) is 6.58 Å². The SMILES string of the molecule is C=CCN1C(=O)C(=Cc2c(Oc3ccc(Cl)cc3)n(C)c3ccccc23)C(=O)NC1=S. The van der Waals surface area contributed by atoms with E-state index in [1.165, 1.54) is 4.90 Å². The van der Waals surface area contributed by atoms with Crippen LogP contribution in [0.1, 0.15) is 5.56 Å². The van der Waals surface area contributed by atoms with Gasteiger partial charge in [-0.1, -0.05) is 35.9 Å². The highest BCUT2D eigenvalue weighted by atomic mass is 35.5. The summed E-state index contributed by atoms with van der Waals surface area (Å²) in [7, 11) is 1.86. The van der Waals surface area contributed by atoms with Crippen LogP contribution in [0, 0.1) is 0 Å². The number of benzene rings is 2. The van der Waals surface area contributed by atoms with Crippen LogP contribution in [0.5, 0.6) is 11.6 Å². The van der Waals surface area contributed by atoms with Crippen molar-refractivity contribution in [3.05, 3.63) is 77.3 Å². The Kier molecular flexibility index (Phi) is 5.63. The minimum absolute atomic E-state index is 0.0345. The number of thiocarbonyl (C=S) groups is 1.